The van der Waals surface area contributed by atoms with Crippen LogP contribution in [0, 0.1) is 0 Å². The molecule has 104 valence electrons. The zero-order chi connectivity index (χ0) is 14.2. The molecule has 0 amide bonds. The van der Waals surface area contributed by atoms with E-state index in [1.807, 2.05) is 30.3 Å². The van der Waals surface area contributed by atoms with Gasteiger partial charge in [0.15, 0.2) is 0 Å². The normalized spacial score (nSPS) is 19.8. The fourth-order valence-corrected chi connectivity index (χ4v) is 3.19. The fraction of sp³-hybridized carbons (Fsp3) is 0.143. The summed E-state index contributed by atoms with van der Waals surface area (Å²) < 4.78 is 36.2. The summed E-state index contributed by atoms with van der Waals surface area (Å²) in [6.07, 6.45) is 0. The van der Waals surface area contributed by atoms with Gasteiger partial charge in [-0.05, 0) is 23.8 Å². The van der Waals surface area contributed by atoms with Crippen molar-refractivity contribution in [1.82, 2.24) is 4.72 Å². The van der Waals surface area contributed by atoms with E-state index in [1.54, 1.807) is 25.3 Å². The highest BCUT2D eigenvalue weighted by atomic mass is 32.2. The van der Waals surface area contributed by atoms with Crippen molar-refractivity contribution >= 4 is 10.3 Å². The second-order valence-corrected chi connectivity index (χ2v) is 5.71. The summed E-state index contributed by atoms with van der Waals surface area (Å²) in [6, 6.07) is 13.9. The lowest BCUT2D eigenvalue weighted by Gasteiger charge is -2.27. The third-order valence-electron chi connectivity index (χ3n) is 3.12. The van der Waals surface area contributed by atoms with Gasteiger partial charge < -0.3 is 8.92 Å². The Bertz CT molecular complexity index is 728. The van der Waals surface area contributed by atoms with E-state index >= 15 is 0 Å². The van der Waals surface area contributed by atoms with Gasteiger partial charge in [-0.2, -0.15) is 13.1 Å². The maximum atomic E-state index is 11.8. The third kappa shape index (κ3) is 2.35. The molecule has 1 atom stereocenters. The van der Waals surface area contributed by atoms with Crippen molar-refractivity contribution in [1.29, 1.82) is 0 Å². The molecular weight excluding hydrogens is 278 g/mol. The molecule has 0 saturated carbocycles. The molecule has 2 aromatic carbocycles. The van der Waals surface area contributed by atoms with Gasteiger partial charge in [0.25, 0.3) is 0 Å². The molecule has 0 aromatic heterocycles. The monoisotopic (exact) mass is 291 g/mol. The van der Waals surface area contributed by atoms with Crippen LogP contribution >= 0.6 is 0 Å². The minimum absolute atomic E-state index is 0.318. The van der Waals surface area contributed by atoms with E-state index in [2.05, 4.69) is 4.72 Å². The second kappa shape index (κ2) is 4.81. The largest absolute Gasteiger partial charge is 0.497 e. The van der Waals surface area contributed by atoms with Crippen LogP contribution in [0.15, 0.2) is 48.5 Å². The van der Waals surface area contributed by atoms with Crippen LogP contribution in [-0.2, 0) is 10.3 Å². The fourth-order valence-electron chi connectivity index (χ4n) is 2.20. The summed E-state index contributed by atoms with van der Waals surface area (Å²) in [5, 5.41) is 0. The Morgan fingerprint density at radius 1 is 1.15 bits per heavy atom. The average Bonchev–Trinajstić information content (AvgIpc) is 2.46. The van der Waals surface area contributed by atoms with E-state index < -0.39 is 16.3 Å². The van der Waals surface area contributed by atoms with Crippen LogP contribution in [0.2, 0.25) is 0 Å². The number of hydrogen-bond acceptors (Lipinski definition) is 4. The Morgan fingerprint density at radius 2 is 1.90 bits per heavy atom. The van der Waals surface area contributed by atoms with Crippen LogP contribution in [0.25, 0.3) is 0 Å². The Kier molecular flexibility index (Phi) is 3.11. The number of ether oxygens (including phenoxy) is 1. The standard InChI is InChI=1S/C14H13NO4S/c1-18-11-7-8-13-12(9-11)14(15-20(16,17)19-13)10-5-3-2-4-6-10/h2-9,14-15H,1H3. The molecule has 0 radical (unpaired) electrons. The quantitative estimate of drug-likeness (QED) is 0.919. The van der Waals surface area contributed by atoms with E-state index in [0.717, 1.165) is 11.1 Å². The lowest BCUT2D eigenvalue weighted by Crippen LogP contribution is -2.37. The van der Waals surface area contributed by atoms with E-state index in [0.29, 0.717) is 11.5 Å². The van der Waals surface area contributed by atoms with Gasteiger partial charge in [-0.3, -0.25) is 0 Å². The maximum absolute atomic E-state index is 11.8. The Labute approximate surface area is 117 Å². The Morgan fingerprint density at radius 3 is 2.60 bits per heavy atom. The highest BCUT2D eigenvalue weighted by Gasteiger charge is 2.31. The van der Waals surface area contributed by atoms with Crippen molar-refractivity contribution in [3.8, 4) is 11.5 Å². The van der Waals surface area contributed by atoms with Crippen LogP contribution < -0.4 is 13.6 Å². The van der Waals surface area contributed by atoms with Gasteiger partial charge in [0.2, 0.25) is 0 Å². The lowest BCUT2D eigenvalue weighted by molar-refractivity contribution is 0.408. The first-order valence-electron chi connectivity index (χ1n) is 6.04. The maximum Gasteiger partial charge on any atom is 0.383 e. The molecule has 1 heterocycles. The van der Waals surface area contributed by atoms with Gasteiger partial charge in [0.1, 0.15) is 11.5 Å². The van der Waals surface area contributed by atoms with Gasteiger partial charge >= 0.3 is 10.3 Å². The van der Waals surface area contributed by atoms with Gasteiger partial charge in [0.05, 0.1) is 13.2 Å². The summed E-state index contributed by atoms with van der Waals surface area (Å²) in [6.45, 7) is 0. The zero-order valence-corrected chi connectivity index (χ0v) is 11.6. The number of benzene rings is 2. The van der Waals surface area contributed by atoms with Gasteiger partial charge in [-0.15, -0.1) is 0 Å². The van der Waals surface area contributed by atoms with E-state index in [4.69, 9.17) is 8.92 Å². The van der Waals surface area contributed by atoms with Crippen LogP contribution in [-0.4, -0.2) is 15.5 Å². The Balaban J connectivity index is 2.16. The number of fused-ring (bicyclic) bond motifs is 1. The highest BCUT2D eigenvalue weighted by molar-refractivity contribution is 7.85. The molecule has 3 rings (SSSR count). The van der Waals surface area contributed by atoms with Crippen molar-refractivity contribution in [2.75, 3.05) is 7.11 Å². The second-order valence-electron chi connectivity index (χ2n) is 4.40. The van der Waals surface area contributed by atoms with E-state index in [1.165, 1.54) is 0 Å². The molecule has 0 spiro atoms. The minimum Gasteiger partial charge on any atom is -0.497 e. The van der Waals surface area contributed by atoms with Crippen molar-refractivity contribution in [2.45, 2.75) is 6.04 Å². The van der Waals surface area contributed by atoms with Crippen molar-refractivity contribution < 1.29 is 17.3 Å². The van der Waals surface area contributed by atoms with Crippen LogP contribution in [0.1, 0.15) is 17.2 Å². The predicted molar refractivity (Wildman–Crippen MR) is 74.0 cm³/mol. The first-order valence-corrected chi connectivity index (χ1v) is 7.44. The van der Waals surface area contributed by atoms with Gasteiger partial charge in [0, 0.05) is 5.56 Å². The molecule has 6 heteroatoms. The highest BCUT2D eigenvalue weighted by Crippen LogP contribution is 2.37. The Hall–Kier alpha value is -2.05. The zero-order valence-electron chi connectivity index (χ0n) is 10.7. The van der Waals surface area contributed by atoms with Gasteiger partial charge in [-0.1, -0.05) is 30.3 Å². The number of methoxy groups -OCH3 is 1. The molecule has 0 bridgehead atoms. The van der Waals surface area contributed by atoms with E-state index in [9.17, 15) is 8.42 Å². The van der Waals surface area contributed by atoms with Crippen molar-refractivity contribution in [2.24, 2.45) is 0 Å². The molecule has 1 unspecified atom stereocenters. The molecule has 1 aliphatic rings. The molecular formula is C14H13NO4S. The average molecular weight is 291 g/mol. The molecule has 5 nitrogen and oxygen atoms in total. The topological polar surface area (TPSA) is 64.6 Å². The van der Waals surface area contributed by atoms with Crippen molar-refractivity contribution in [3.05, 3.63) is 59.7 Å². The van der Waals surface area contributed by atoms with Gasteiger partial charge in [-0.25, -0.2) is 0 Å². The molecule has 20 heavy (non-hydrogen) atoms. The van der Waals surface area contributed by atoms with Crippen LogP contribution in [0.4, 0.5) is 0 Å². The summed E-state index contributed by atoms with van der Waals surface area (Å²) in [5.41, 5.74) is 1.57. The number of hydrogen-bond donors (Lipinski definition) is 1. The molecule has 1 N–H and O–H groups in total. The molecule has 0 fully saturated rings. The third-order valence-corrected chi connectivity index (χ3v) is 4.05. The number of rotatable bonds is 2. The summed E-state index contributed by atoms with van der Waals surface area (Å²) in [5.74, 6) is 0.966. The van der Waals surface area contributed by atoms with E-state index in [-0.39, 0.29) is 0 Å². The first kappa shape index (κ1) is 13.0. The smallest absolute Gasteiger partial charge is 0.383 e. The molecule has 2 aromatic rings. The molecule has 0 aliphatic carbocycles. The lowest BCUT2D eigenvalue weighted by atomic mass is 9.98. The minimum atomic E-state index is -3.80. The molecule has 0 saturated heterocycles. The first-order chi connectivity index (χ1) is 9.59. The summed E-state index contributed by atoms with van der Waals surface area (Å²) >= 11 is 0. The molecule has 1 aliphatic heterocycles. The summed E-state index contributed by atoms with van der Waals surface area (Å²) in [7, 11) is -2.24. The number of nitrogens with one attached hydrogen (secondary N) is 1. The predicted octanol–water partition coefficient (Wildman–Crippen LogP) is 2.01. The summed E-state index contributed by atoms with van der Waals surface area (Å²) in [4.78, 5) is 0. The van der Waals surface area contributed by atoms with Crippen LogP contribution in [0.5, 0.6) is 11.5 Å². The van der Waals surface area contributed by atoms with Crippen molar-refractivity contribution in [3.63, 3.8) is 0 Å². The van der Waals surface area contributed by atoms with Crippen LogP contribution in [0.3, 0.4) is 0 Å². The SMILES string of the molecule is COc1ccc2c(c1)C(c1ccccc1)NS(=O)(=O)O2.